The first-order chi connectivity index (χ1) is 10.1. The zero-order valence-electron chi connectivity index (χ0n) is 11.7. The average molecular weight is 298 g/mol. The molecule has 1 aromatic carbocycles. The smallest absolute Gasteiger partial charge is 0.282 e. The summed E-state index contributed by atoms with van der Waals surface area (Å²) in [4.78, 5) is 22.9. The van der Waals surface area contributed by atoms with Gasteiger partial charge in [-0.05, 0) is 36.4 Å². The van der Waals surface area contributed by atoms with Crippen LogP contribution < -0.4 is 15.8 Å². The van der Waals surface area contributed by atoms with Crippen molar-refractivity contribution < 1.29 is 0 Å². The van der Waals surface area contributed by atoms with Gasteiger partial charge >= 0.3 is 0 Å². The van der Waals surface area contributed by atoms with E-state index in [9.17, 15) is 4.79 Å². The van der Waals surface area contributed by atoms with Crippen molar-refractivity contribution >= 4 is 38.1 Å². The van der Waals surface area contributed by atoms with Gasteiger partial charge in [0.25, 0.3) is 5.56 Å². The second kappa shape index (κ2) is 5.49. The van der Waals surface area contributed by atoms with Gasteiger partial charge < -0.3 is 10.2 Å². The monoisotopic (exact) mass is 298 g/mol. The van der Waals surface area contributed by atoms with Gasteiger partial charge in [0.05, 0.1) is 5.39 Å². The third kappa shape index (κ3) is 2.85. The van der Waals surface area contributed by atoms with Crippen LogP contribution in [0.15, 0.2) is 47.4 Å². The molecule has 0 aliphatic rings. The molecule has 0 bridgehead atoms. The van der Waals surface area contributed by atoms with E-state index in [0.29, 0.717) is 15.3 Å². The van der Waals surface area contributed by atoms with Gasteiger partial charge in [0, 0.05) is 31.7 Å². The van der Waals surface area contributed by atoms with Gasteiger partial charge in [-0.25, -0.2) is 4.98 Å². The molecule has 5 nitrogen and oxygen atoms in total. The molecule has 3 aromatic rings. The minimum atomic E-state index is -0.260. The van der Waals surface area contributed by atoms with E-state index in [4.69, 9.17) is 0 Å². The summed E-state index contributed by atoms with van der Waals surface area (Å²) in [5.74, 6) is 0. The molecule has 0 atom stereocenters. The maximum Gasteiger partial charge on any atom is 0.282 e. The SMILES string of the molecule is CN(C)c1ccc(Nc2nc(=O)c3cccnc3s2)cc1. The number of nitrogens with one attached hydrogen (secondary N) is 1. The van der Waals surface area contributed by atoms with Crippen molar-refractivity contribution in [3.05, 3.63) is 52.9 Å². The number of benzene rings is 1. The number of aromatic nitrogens is 2. The Morgan fingerprint density at radius 2 is 1.90 bits per heavy atom. The molecule has 0 aliphatic carbocycles. The second-order valence-corrected chi connectivity index (χ2v) is 5.72. The molecule has 0 radical (unpaired) electrons. The number of pyridine rings is 1. The normalized spacial score (nSPS) is 10.6. The van der Waals surface area contributed by atoms with Gasteiger partial charge in [0.15, 0.2) is 5.13 Å². The molecular formula is C15H14N4OS. The minimum absolute atomic E-state index is 0.260. The summed E-state index contributed by atoms with van der Waals surface area (Å²) in [6, 6.07) is 11.4. The standard InChI is InChI=1S/C15H14N4OS/c1-19(2)11-7-5-10(6-8-11)17-15-18-13(20)12-4-3-9-16-14(12)21-15/h3-9H,1-2H3,(H,17,18,20). The fourth-order valence-electron chi connectivity index (χ4n) is 1.92. The number of fused-ring (bicyclic) bond motifs is 1. The fourth-order valence-corrected chi connectivity index (χ4v) is 2.78. The molecule has 106 valence electrons. The highest BCUT2D eigenvalue weighted by molar-refractivity contribution is 7.21. The zero-order chi connectivity index (χ0) is 14.8. The summed E-state index contributed by atoms with van der Waals surface area (Å²) in [5.41, 5.74) is 1.74. The van der Waals surface area contributed by atoms with Crippen LogP contribution in [-0.4, -0.2) is 24.1 Å². The Balaban J connectivity index is 1.92. The Kier molecular flexibility index (Phi) is 3.53. The molecule has 0 amide bonds. The summed E-state index contributed by atoms with van der Waals surface area (Å²) >= 11 is 1.36. The highest BCUT2D eigenvalue weighted by atomic mass is 32.1. The van der Waals surface area contributed by atoms with Crippen LogP contribution in [0.5, 0.6) is 0 Å². The summed E-state index contributed by atoms with van der Waals surface area (Å²) in [6.45, 7) is 0. The van der Waals surface area contributed by atoms with E-state index in [-0.39, 0.29) is 5.56 Å². The molecule has 21 heavy (non-hydrogen) atoms. The van der Waals surface area contributed by atoms with Gasteiger partial charge in [0.2, 0.25) is 0 Å². The quantitative estimate of drug-likeness (QED) is 0.805. The van der Waals surface area contributed by atoms with E-state index in [1.54, 1.807) is 18.3 Å². The molecule has 1 N–H and O–H groups in total. The van der Waals surface area contributed by atoms with Crippen molar-refractivity contribution in [2.45, 2.75) is 0 Å². The summed E-state index contributed by atoms with van der Waals surface area (Å²) in [5, 5.41) is 4.25. The van der Waals surface area contributed by atoms with Crippen LogP contribution in [0.2, 0.25) is 0 Å². The van der Waals surface area contributed by atoms with Crippen LogP contribution >= 0.6 is 11.3 Å². The number of rotatable bonds is 3. The third-order valence-corrected chi connectivity index (χ3v) is 3.94. The van der Waals surface area contributed by atoms with Crippen LogP contribution in [0.4, 0.5) is 16.5 Å². The molecule has 0 saturated carbocycles. The lowest BCUT2D eigenvalue weighted by Gasteiger charge is -2.13. The van der Waals surface area contributed by atoms with Gasteiger partial charge in [-0.15, -0.1) is 0 Å². The van der Waals surface area contributed by atoms with Gasteiger partial charge in [-0.3, -0.25) is 4.79 Å². The van der Waals surface area contributed by atoms with Crippen LogP contribution in [-0.2, 0) is 0 Å². The topological polar surface area (TPSA) is 58.1 Å². The lowest BCUT2D eigenvalue weighted by atomic mass is 10.2. The first-order valence-electron chi connectivity index (χ1n) is 6.44. The molecule has 0 aliphatic heterocycles. The Morgan fingerprint density at radius 3 is 2.62 bits per heavy atom. The summed E-state index contributed by atoms with van der Waals surface area (Å²) < 4.78 is 0. The van der Waals surface area contributed by atoms with Crippen molar-refractivity contribution in [2.24, 2.45) is 0 Å². The summed E-state index contributed by atoms with van der Waals surface area (Å²) in [6.07, 6.45) is 1.67. The zero-order valence-corrected chi connectivity index (χ0v) is 12.5. The van der Waals surface area contributed by atoms with Crippen LogP contribution in [0.1, 0.15) is 0 Å². The van der Waals surface area contributed by atoms with E-state index in [0.717, 1.165) is 11.4 Å². The lowest BCUT2D eigenvalue weighted by molar-refractivity contribution is 1.13. The average Bonchev–Trinajstić information content (AvgIpc) is 2.48. The van der Waals surface area contributed by atoms with Crippen LogP contribution in [0.25, 0.3) is 10.2 Å². The number of nitrogens with zero attached hydrogens (tertiary/aromatic N) is 3. The van der Waals surface area contributed by atoms with E-state index < -0.39 is 0 Å². The van der Waals surface area contributed by atoms with Crippen molar-refractivity contribution in [1.82, 2.24) is 9.97 Å². The van der Waals surface area contributed by atoms with Crippen molar-refractivity contribution in [3.63, 3.8) is 0 Å². The predicted molar refractivity (Wildman–Crippen MR) is 87.7 cm³/mol. The van der Waals surface area contributed by atoms with Crippen molar-refractivity contribution in [1.29, 1.82) is 0 Å². The lowest BCUT2D eigenvalue weighted by Crippen LogP contribution is -2.09. The molecule has 6 heteroatoms. The number of hydrogen-bond donors (Lipinski definition) is 1. The van der Waals surface area contributed by atoms with E-state index in [2.05, 4.69) is 15.3 Å². The number of anilines is 3. The molecule has 0 spiro atoms. The maximum atomic E-state index is 11.9. The first-order valence-corrected chi connectivity index (χ1v) is 7.25. The molecule has 0 fully saturated rings. The molecule has 0 unspecified atom stereocenters. The maximum absolute atomic E-state index is 11.9. The predicted octanol–water partition coefficient (Wildman–Crippen LogP) is 2.86. The Labute approximate surface area is 125 Å². The van der Waals surface area contributed by atoms with Crippen LogP contribution in [0.3, 0.4) is 0 Å². The van der Waals surface area contributed by atoms with Gasteiger partial charge in [-0.1, -0.05) is 11.3 Å². The fraction of sp³-hybridized carbons (Fsp3) is 0.133. The Hall–Kier alpha value is -2.47. The Bertz CT molecular complexity index is 827. The molecule has 3 rings (SSSR count). The van der Waals surface area contributed by atoms with E-state index in [1.807, 2.05) is 43.3 Å². The number of hydrogen-bond acceptors (Lipinski definition) is 6. The largest absolute Gasteiger partial charge is 0.378 e. The highest BCUT2D eigenvalue weighted by Crippen LogP contribution is 2.23. The third-order valence-electron chi connectivity index (χ3n) is 3.03. The molecule has 2 heterocycles. The summed E-state index contributed by atoms with van der Waals surface area (Å²) in [7, 11) is 3.98. The minimum Gasteiger partial charge on any atom is -0.378 e. The Morgan fingerprint density at radius 1 is 1.14 bits per heavy atom. The van der Waals surface area contributed by atoms with Crippen molar-refractivity contribution in [3.8, 4) is 0 Å². The highest BCUT2D eigenvalue weighted by Gasteiger charge is 2.05. The second-order valence-electron chi connectivity index (χ2n) is 4.75. The van der Waals surface area contributed by atoms with Gasteiger partial charge in [0.1, 0.15) is 4.83 Å². The molecule has 2 aromatic heterocycles. The van der Waals surface area contributed by atoms with Gasteiger partial charge in [-0.2, -0.15) is 4.98 Å². The first kappa shape index (κ1) is 13.5. The van der Waals surface area contributed by atoms with Crippen molar-refractivity contribution in [2.75, 3.05) is 24.3 Å². The van der Waals surface area contributed by atoms with E-state index in [1.165, 1.54) is 11.3 Å². The van der Waals surface area contributed by atoms with E-state index >= 15 is 0 Å². The molecule has 0 saturated heterocycles. The van der Waals surface area contributed by atoms with Crippen LogP contribution in [0, 0.1) is 0 Å². The molecular weight excluding hydrogens is 284 g/mol.